The number of ketones is 1. The van der Waals surface area contributed by atoms with Gasteiger partial charge in [0.25, 0.3) is 5.91 Å². The van der Waals surface area contributed by atoms with Gasteiger partial charge in [-0.15, -0.1) is 0 Å². The van der Waals surface area contributed by atoms with Crippen LogP contribution in [-0.4, -0.2) is 76.5 Å². The van der Waals surface area contributed by atoms with E-state index in [1.165, 1.54) is 17.0 Å². The molecule has 3 amide bonds. The lowest BCUT2D eigenvalue weighted by Gasteiger charge is -2.24. The molecule has 11 heteroatoms. The van der Waals surface area contributed by atoms with Crippen LogP contribution < -0.4 is 10.6 Å². The fourth-order valence-corrected chi connectivity index (χ4v) is 5.36. The molecule has 2 aliphatic heterocycles. The molecule has 0 bridgehead atoms. The van der Waals surface area contributed by atoms with Crippen LogP contribution in [-0.2, 0) is 25.6 Å². The summed E-state index contributed by atoms with van der Waals surface area (Å²) in [6.45, 7) is 0.741. The van der Waals surface area contributed by atoms with Crippen LogP contribution in [0.15, 0.2) is 79.1 Å². The average molecular weight is 568 g/mol. The van der Waals surface area contributed by atoms with Crippen LogP contribution in [0.25, 0.3) is 10.9 Å². The number of ether oxygens (including phenoxy) is 2. The molecular weight excluding hydrogens is 538 g/mol. The predicted molar refractivity (Wildman–Crippen MR) is 151 cm³/mol. The molecule has 6 rings (SSSR count). The number of hydrogen-bond acceptors (Lipinski definition) is 7. The lowest BCUT2D eigenvalue weighted by atomic mass is 10.0. The monoisotopic (exact) mass is 567 g/mol. The van der Waals surface area contributed by atoms with E-state index in [1.54, 1.807) is 48.8 Å². The first kappa shape index (κ1) is 27.3. The number of hydrogen-bond donors (Lipinski definition) is 3. The highest BCUT2D eigenvalue weighted by molar-refractivity contribution is 6.09. The Bertz CT molecular complexity index is 1600. The maximum Gasteiger partial charge on any atom is 0.251 e. The molecule has 2 aliphatic rings. The minimum Gasteiger partial charge on any atom is -0.357 e. The number of benzene rings is 2. The zero-order chi connectivity index (χ0) is 29.1. The summed E-state index contributed by atoms with van der Waals surface area (Å²) in [5, 5.41) is 6.46. The third kappa shape index (κ3) is 5.65. The van der Waals surface area contributed by atoms with Crippen LogP contribution in [0.1, 0.15) is 38.4 Å². The molecule has 2 saturated heterocycles. The Kier molecular flexibility index (Phi) is 7.51. The van der Waals surface area contributed by atoms with Crippen LogP contribution in [0.5, 0.6) is 0 Å². The van der Waals surface area contributed by atoms with Crippen molar-refractivity contribution < 1.29 is 28.7 Å². The fraction of sp³-hybridized carbons (Fsp3) is 0.258. The van der Waals surface area contributed by atoms with Gasteiger partial charge < -0.3 is 30.0 Å². The zero-order valence-corrected chi connectivity index (χ0v) is 22.7. The number of aromatic amines is 1. The largest absolute Gasteiger partial charge is 0.357 e. The number of carbonyl (C=O) groups excluding carboxylic acids is 4. The second-order valence-corrected chi connectivity index (χ2v) is 10.3. The molecule has 0 aliphatic carbocycles. The van der Waals surface area contributed by atoms with Crippen LogP contribution in [0.4, 0.5) is 0 Å². The highest BCUT2D eigenvalue weighted by Crippen LogP contribution is 2.35. The summed E-state index contributed by atoms with van der Waals surface area (Å²) in [5.41, 5.74) is 3.01. The first-order chi connectivity index (χ1) is 20.4. The second-order valence-electron chi connectivity index (χ2n) is 10.3. The SMILES string of the molecule is O=C(NCC(=O)N1CC2(CC1C(=O)NCc1cc3cnccc3[nH]1)OCCO2)c1ccc(C(=O)c2ccccc2)cc1. The summed E-state index contributed by atoms with van der Waals surface area (Å²) in [4.78, 5) is 60.8. The number of carbonyl (C=O) groups is 4. The van der Waals surface area contributed by atoms with E-state index in [0.29, 0.717) is 29.9 Å². The molecule has 2 aromatic carbocycles. The first-order valence-electron chi connectivity index (χ1n) is 13.7. The van der Waals surface area contributed by atoms with E-state index < -0.39 is 23.6 Å². The minimum atomic E-state index is -1.05. The number of nitrogens with zero attached hydrogens (tertiary/aromatic N) is 2. The summed E-state index contributed by atoms with van der Waals surface area (Å²) >= 11 is 0. The number of likely N-dealkylation sites (tertiary alicyclic amines) is 1. The maximum atomic E-state index is 13.3. The topological polar surface area (TPSA) is 143 Å². The molecular formula is C31H29N5O6. The predicted octanol–water partition coefficient (Wildman–Crippen LogP) is 2.18. The molecule has 1 atom stereocenters. The number of fused-ring (bicyclic) bond motifs is 1. The molecule has 42 heavy (non-hydrogen) atoms. The van der Waals surface area contributed by atoms with Gasteiger partial charge in [-0.25, -0.2) is 0 Å². The van der Waals surface area contributed by atoms with E-state index in [1.807, 2.05) is 18.2 Å². The molecule has 4 heterocycles. The summed E-state index contributed by atoms with van der Waals surface area (Å²) in [6.07, 6.45) is 3.61. The Hall–Kier alpha value is -4.87. The van der Waals surface area contributed by atoms with Crippen molar-refractivity contribution >= 4 is 34.4 Å². The van der Waals surface area contributed by atoms with Crippen molar-refractivity contribution in [2.75, 3.05) is 26.3 Å². The molecule has 2 aromatic heterocycles. The van der Waals surface area contributed by atoms with Crippen molar-refractivity contribution in [2.45, 2.75) is 24.8 Å². The van der Waals surface area contributed by atoms with Gasteiger partial charge in [-0.05, 0) is 24.3 Å². The number of pyridine rings is 1. The van der Waals surface area contributed by atoms with Crippen LogP contribution in [0.2, 0.25) is 0 Å². The fourth-order valence-electron chi connectivity index (χ4n) is 5.36. The van der Waals surface area contributed by atoms with Gasteiger partial charge >= 0.3 is 0 Å². The average Bonchev–Trinajstić information content (AvgIpc) is 3.77. The van der Waals surface area contributed by atoms with E-state index in [9.17, 15) is 19.2 Å². The lowest BCUT2D eigenvalue weighted by Crippen LogP contribution is -2.49. The van der Waals surface area contributed by atoms with Crippen LogP contribution >= 0.6 is 0 Å². The summed E-state index contributed by atoms with van der Waals surface area (Å²) < 4.78 is 11.6. The third-order valence-corrected chi connectivity index (χ3v) is 7.50. The van der Waals surface area contributed by atoms with Crippen molar-refractivity contribution in [1.29, 1.82) is 0 Å². The maximum absolute atomic E-state index is 13.3. The second kappa shape index (κ2) is 11.6. The smallest absolute Gasteiger partial charge is 0.251 e. The number of nitrogens with one attached hydrogen (secondary N) is 3. The van der Waals surface area contributed by atoms with E-state index in [-0.39, 0.29) is 37.7 Å². The molecule has 11 nitrogen and oxygen atoms in total. The summed E-state index contributed by atoms with van der Waals surface area (Å²) in [5.74, 6) is -2.45. The highest BCUT2D eigenvalue weighted by atomic mass is 16.7. The van der Waals surface area contributed by atoms with Crippen LogP contribution in [0, 0.1) is 0 Å². The van der Waals surface area contributed by atoms with Gasteiger partial charge in [0.2, 0.25) is 11.8 Å². The van der Waals surface area contributed by atoms with Crippen molar-refractivity contribution in [3.8, 4) is 0 Å². The van der Waals surface area contributed by atoms with Crippen molar-refractivity contribution in [3.05, 3.63) is 102 Å². The summed E-state index contributed by atoms with van der Waals surface area (Å²) in [6, 6.07) is 18.0. The first-order valence-corrected chi connectivity index (χ1v) is 13.7. The third-order valence-electron chi connectivity index (χ3n) is 7.50. The van der Waals surface area contributed by atoms with E-state index in [2.05, 4.69) is 20.6 Å². The Labute approximate surface area is 241 Å². The Balaban J connectivity index is 1.08. The highest BCUT2D eigenvalue weighted by Gasteiger charge is 2.52. The van der Waals surface area contributed by atoms with Gasteiger partial charge in [-0.1, -0.05) is 42.5 Å². The molecule has 0 saturated carbocycles. The van der Waals surface area contributed by atoms with Crippen molar-refractivity contribution in [3.63, 3.8) is 0 Å². The zero-order valence-electron chi connectivity index (χ0n) is 22.7. The van der Waals surface area contributed by atoms with Crippen molar-refractivity contribution in [2.24, 2.45) is 0 Å². The Morgan fingerprint density at radius 3 is 2.38 bits per heavy atom. The number of rotatable bonds is 8. The molecule has 4 aromatic rings. The molecule has 214 valence electrons. The van der Waals surface area contributed by atoms with E-state index in [4.69, 9.17) is 9.47 Å². The van der Waals surface area contributed by atoms with Gasteiger partial charge in [0.05, 0.1) is 32.8 Å². The van der Waals surface area contributed by atoms with Gasteiger partial charge in [0.1, 0.15) is 6.04 Å². The Morgan fingerprint density at radius 1 is 0.929 bits per heavy atom. The summed E-state index contributed by atoms with van der Waals surface area (Å²) in [7, 11) is 0. The molecule has 3 N–H and O–H groups in total. The van der Waals surface area contributed by atoms with Crippen molar-refractivity contribution in [1.82, 2.24) is 25.5 Å². The minimum absolute atomic E-state index is 0.0775. The van der Waals surface area contributed by atoms with E-state index in [0.717, 1.165) is 16.6 Å². The van der Waals surface area contributed by atoms with Gasteiger partial charge in [0, 0.05) is 52.1 Å². The normalized spacial score (nSPS) is 17.4. The van der Waals surface area contributed by atoms with Gasteiger partial charge in [-0.3, -0.25) is 24.2 Å². The molecule has 2 fully saturated rings. The van der Waals surface area contributed by atoms with Crippen LogP contribution in [0.3, 0.4) is 0 Å². The standard InChI is InChI=1S/C31H29N5O6/c37-27(18-34-29(39)22-8-6-21(7-9-22)28(38)20-4-2-1-3-5-20)36-19-31(41-12-13-42-31)15-26(36)30(40)33-17-24-14-23-16-32-11-10-25(23)35-24/h1-11,14,16,26,35H,12-13,15,17-19H2,(H,33,40)(H,34,39). The molecule has 1 unspecified atom stereocenters. The number of aromatic nitrogens is 2. The Morgan fingerprint density at radius 2 is 1.64 bits per heavy atom. The number of amides is 3. The van der Waals surface area contributed by atoms with Gasteiger partial charge in [-0.2, -0.15) is 0 Å². The lowest BCUT2D eigenvalue weighted by molar-refractivity contribution is -0.152. The quantitative estimate of drug-likeness (QED) is 0.277. The van der Waals surface area contributed by atoms with Gasteiger partial charge in [0.15, 0.2) is 11.6 Å². The number of H-pyrrole nitrogens is 1. The molecule has 0 radical (unpaired) electrons. The molecule has 1 spiro atoms. The van der Waals surface area contributed by atoms with E-state index >= 15 is 0 Å².